The van der Waals surface area contributed by atoms with Gasteiger partial charge in [0.05, 0.1) is 0 Å². The highest BCUT2D eigenvalue weighted by atomic mass is 15.3. The second-order valence-corrected chi connectivity index (χ2v) is 5.37. The quantitative estimate of drug-likeness (QED) is 0.879. The zero-order chi connectivity index (χ0) is 12.6. The number of nitrogens with one attached hydrogen (secondary N) is 1. The van der Waals surface area contributed by atoms with Crippen LogP contribution >= 0.6 is 0 Å². The molecule has 1 atom stereocenters. The lowest BCUT2D eigenvalue weighted by Crippen LogP contribution is -2.44. The first-order valence-corrected chi connectivity index (χ1v) is 6.78. The van der Waals surface area contributed by atoms with E-state index in [0.717, 1.165) is 31.0 Å². The van der Waals surface area contributed by atoms with Gasteiger partial charge in [0, 0.05) is 18.2 Å². The summed E-state index contributed by atoms with van der Waals surface area (Å²) < 4.78 is 2.16. The third kappa shape index (κ3) is 1.72. The highest BCUT2D eigenvalue weighted by molar-refractivity contribution is 5.42. The molecule has 0 aliphatic carbocycles. The molecule has 0 radical (unpaired) electrons. The van der Waals surface area contributed by atoms with Gasteiger partial charge in [0.1, 0.15) is 5.82 Å². The van der Waals surface area contributed by atoms with Crippen molar-refractivity contribution in [1.82, 2.24) is 19.9 Å². The lowest BCUT2D eigenvalue weighted by molar-refractivity contribution is 0.285. The minimum absolute atomic E-state index is 0.146. The zero-order valence-corrected chi connectivity index (χ0v) is 11.1. The molecule has 1 fully saturated rings. The Morgan fingerprint density at radius 3 is 3.06 bits per heavy atom. The summed E-state index contributed by atoms with van der Waals surface area (Å²) in [6, 6.07) is 4.22. The van der Waals surface area contributed by atoms with Crippen LogP contribution in [-0.4, -0.2) is 27.7 Å². The van der Waals surface area contributed by atoms with Gasteiger partial charge in [-0.1, -0.05) is 6.92 Å². The Morgan fingerprint density at radius 1 is 1.44 bits per heavy atom. The Morgan fingerprint density at radius 2 is 2.33 bits per heavy atom. The molecule has 1 N–H and O–H groups in total. The lowest BCUT2D eigenvalue weighted by atomic mass is 9.77. The molecule has 0 amide bonds. The summed E-state index contributed by atoms with van der Waals surface area (Å²) >= 11 is 0. The van der Waals surface area contributed by atoms with E-state index in [-0.39, 0.29) is 5.41 Å². The highest BCUT2D eigenvalue weighted by Gasteiger charge is 2.36. The number of aromatic nitrogens is 3. The van der Waals surface area contributed by atoms with E-state index in [0.29, 0.717) is 0 Å². The van der Waals surface area contributed by atoms with Gasteiger partial charge in [-0.2, -0.15) is 0 Å². The maximum Gasteiger partial charge on any atom is 0.161 e. The molecular weight excluding hydrogens is 224 g/mol. The van der Waals surface area contributed by atoms with Gasteiger partial charge >= 0.3 is 0 Å². The second-order valence-electron chi connectivity index (χ2n) is 5.37. The summed E-state index contributed by atoms with van der Waals surface area (Å²) in [7, 11) is 0. The van der Waals surface area contributed by atoms with Crippen LogP contribution in [0.4, 0.5) is 0 Å². The molecule has 2 aromatic rings. The molecule has 4 heteroatoms. The summed E-state index contributed by atoms with van der Waals surface area (Å²) in [5.41, 5.74) is 2.34. The molecular formula is C14H20N4. The number of pyridine rings is 1. The van der Waals surface area contributed by atoms with Gasteiger partial charge in [-0.15, -0.1) is 10.2 Å². The average molecular weight is 244 g/mol. The Bertz CT molecular complexity index is 552. The van der Waals surface area contributed by atoms with E-state index in [1.165, 1.54) is 18.4 Å². The summed E-state index contributed by atoms with van der Waals surface area (Å²) in [4.78, 5) is 0. The Kier molecular flexibility index (Phi) is 2.82. The second kappa shape index (κ2) is 4.35. The zero-order valence-electron chi connectivity index (χ0n) is 11.1. The van der Waals surface area contributed by atoms with E-state index in [9.17, 15) is 0 Å². The van der Waals surface area contributed by atoms with Crippen LogP contribution in [0.3, 0.4) is 0 Å². The van der Waals surface area contributed by atoms with Crippen LogP contribution < -0.4 is 5.32 Å². The molecule has 96 valence electrons. The molecule has 3 rings (SSSR count). The minimum Gasteiger partial charge on any atom is -0.316 e. The molecule has 1 aliphatic rings. The van der Waals surface area contributed by atoms with Crippen LogP contribution in [0.2, 0.25) is 0 Å². The Balaban J connectivity index is 2.12. The largest absolute Gasteiger partial charge is 0.316 e. The first-order chi connectivity index (χ1) is 8.75. The van der Waals surface area contributed by atoms with Crippen LogP contribution in [0, 0.1) is 6.92 Å². The number of nitrogens with zero attached hydrogens (tertiary/aromatic N) is 3. The molecule has 0 saturated carbocycles. The number of hydrogen-bond acceptors (Lipinski definition) is 3. The van der Waals surface area contributed by atoms with Gasteiger partial charge < -0.3 is 5.32 Å². The third-order valence-electron chi connectivity index (χ3n) is 4.19. The first kappa shape index (κ1) is 11.7. The van der Waals surface area contributed by atoms with Crippen molar-refractivity contribution < 1.29 is 0 Å². The van der Waals surface area contributed by atoms with Crippen LogP contribution in [0.25, 0.3) is 5.65 Å². The van der Waals surface area contributed by atoms with E-state index in [1.807, 2.05) is 0 Å². The predicted molar refractivity (Wildman–Crippen MR) is 71.8 cm³/mol. The molecule has 0 bridgehead atoms. The van der Waals surface area contributed by atoms with Crippen molar-refractivity contribution >= 4 is 5.65 Å². The van der Waals surface area contributed by atoms with Gasteiger partial charge in [-0.05, 0) is 50.4 Å². The molecule has 1 saturated heterocycles. The van der Waals surface area contributed by atoms with Crippen molar-refractivity contribution in [3.05, 3.63) is 29.7 Å². The SMILES string of the molecule is CCC1(c2nnc3cc(C)ccn23)CCCNC1. The Hall–Kier alpha value is -1.42. The van der Waals surface area contributed by atoms with E-state index >= 15 is 0 Å². The number of aryl methyl sites for hydroxylation is 1. The smallest absolute Gasteiger partial charge is 0.161 e. The van der Waals surface area contributed by atoms with E-state index in [4.69, 9.17) is 0 Å². The van der Waals surface area contributed by atoms with Gasteiger partial charge in [-0.3, -0.25) is 4.40 Å². The monoisotopic (exact) mass is 244 g/mol. The van der Waals surface area contributed by atoms with Gasteiger partial charge in [0.15, 0.2) is 5.65 Å². The van der Waals surface area contributed by atoms with Crippen LogP contribution in [0.15, 0.2) is 18.3 Å². The summed E-state index contributed by atoms with van der Waals surface area (Å²) in [5, 5.41) is 12.3. The van der Waals surface area contributed by atoms with Crippen LogP contribution in [-0.2, 0) is 5.41 Å². The number of piperidine rings is 1. The fraction of sp³-hybridized carbons (Fsp3) is 0.571. The fourth-order valence-corrected chi connectivity index (χ4v) is 2.97. The first-order valence-electron chi connectivity index (χ1n) is 6.78. The van der Waals surface area contributed by atoms with E-state index < -0.39 is 0 Å². The maximum absolute atomic E-state index is 4.48. The predicted octanol–water partition coefficient (Wildman–Crippen LogP) is 2.07. The molecule has 2 aromatic heterocycles. The molecule has 18 heavy (non-hydrogen) atoms. The number of fused-ring (bicyclic) bond motifs is 1. The maximum atomic E-state index is 4.48. The van der Waals surface area contributed by atoms with Gasteiger partial charge in [0.2, 0.25) is 0 Å². The molecule has 0 spiro atoms. The number of rotatable bonds is 2. The van der Waals surface area contributed by atoms with Crippen molar-refractivity contribution in [2.75, 3.05) is 13.1 Å². The van der Waals surface area contributed by atoms with Crippen LogP contribution in [0.5, 0.6) is 0 Å². The normalized spacial score (nSPS) is 24.6. The average Bonchev–Trinajstić information content (AvgIpc) is 2.83. The Labute approximate surface area is 107 Å². The van der Waals surface area contributed by atoms with Crippen molar-refractivity contribution in [3.8, 4) is 0 Å². The van der Waals surface area contributed by atoms with Crippen molar-refractivity contribution in [2.24, 2.45) is 0 Å². The van der Waals surface area contributed by atoms with Crippen molar-refractivity contribution in [3.63, 3.8) is 0 Å². The molecule has 0 aromatic carbocycles. The van der Waals surface area contributed by atoms with Crippen molar-refractivity contribution in [1.29, 1.82) is 0 Å². The van der Waals surface area contributed by atoms with Crippen LogP contribution in [0.1, 0.15) is 37.6 Å². The van der Waals surface area contributed by atoms with Crippen molar-refractivity contribution in [2.45, 2.75) is 38.5 Å². The van der Waals surface area contributed by atoms with E-state index in [2.05, 4.69) is 52.1 Å². The fourth-order valence-electron chi connectivity index (χ4n) is 2.97. The van der Waals surface area contributed by atoms with E-state index in [1.54, 1.807) is 0 Å². The molecule has 1 aliphatic heterocycles. The summed E-state index contributed by atoms with van der Waals surface area (Å²) in [6.45, 7) is 6.48. The summed E-state index contributed by atoms with van der Waals surface area (Å²) in [5.74, 6) is 1.12. The topological polar surface area (TPSA) is 42.2 Å². The van der Waals surface area contributed by atoms with Gasteiger partial charge in [-0.25, -0.2) is 0 Å². The minimum atomic E-state index is 0.146. The molecule has 4 nitrogen and oxygen atoms in total. The lowest BCUT2D eigenvalue weighted by Gasteiger charge is -2.35. The standard InChI is InChI=1S/C14H20N4/c1-3-14(6-4-7-15-10-14)13-17-16-12-9-11(2)5-8-18(12)13/h5,8-9,15H,3-4,6-7,10H2,1-2H3. The van der Waals surface area contributed by atoms with Gasteiger partial charge in [0.25, 0.3) is 0 Å². The molecule has 3 heterocycles. The highest BCUT2D eigenvalue weighted by Crippen LogP contribution is 2.33. The summed E-state index contributed by atoms with van der Waals surface area (Å²) in [6.07, 6.45) is 5.63. The third-order valence-corrected chi connectivity index (χ3v) is 4.19. The number of hydrogen-bond donors (Lipinski definition) is 1. The molecule has 1 unspecified atom stereocenters.